The van der Waals surface area contributed by atoms with E-state index in [-0.39, 0.29) is 5.56 Å². The summed E-state index contributed by atoms with van der Waals surface area (Å²) in [4.78, 5) is 17.8. The van der Waals surface area contributed by atoms with E-state index in [0.29, 0.717) is 31.9 Å². The van der Waals surface area contributed by atoms with Gasteiger partial charge in [0.1, 0.15) is 16.1 Å². The molecule has 0 aliphatic carbocycles. The number of fused-ring (bicyclic) bond motifs is 1. The van der Waals surface area contributed by atoms with Gasteiger partial charge >= 0.3 is 0 Å². The van der Waals surface area contributed by atoms with Gasteiger partial charge in [-0.15, -0.1) is 5.10 Å². The van der Waals surface area contributed by atoms with Gasteiger partial charge in [0.2, 0.25) is 4.96 Å². The monoisotopic (exact) mass is 483 g/mol. The first kappa shape index (κ1) is 18.3. The summed E-state index contributed by atoms with van der Waals surface area (Å²) >= 11 is 10.6. The summed E-state index contributed by atoms with van der Waals surface area (Å²) in [6, 6.07) is 18.7. The molecule has 3 aromatic heterocycles. The van der Waals surface area contributed by atoms with E-state index in [2.05, 4.69) is 26.0 Å². The first-order valence-electron chi connectivity index (χ1n) is 8.60. The quantitative estimate of drug-likeness (QED) is 0.360. The van der Waals surface area contributed by atoms with Gasteiger partial charge in [0, 0.05) is 26.7 Å². The van der Waals surface area contributed by atoms with Crippen LogP contribution < -0.4 is 10.1 Å². The van der Waals surface area contributed by atoms with E-state index in [4.69, 9.17) is 16.0 Å². The van der Waals surface area contributed by atoms with Crippen molar-refractivity contribution < 1.29 is 4.42 Å². The van der Waals surface area contributed by atoms with Crippen molar-refractivity contribution in [2.24, 2.45) is 0 Å². The van der Waals surface area contributed by atoms with E-state index in [9.17, 15) is 4.79 Å². The largest absolute Gasteiger partial charge is 0.457 e. The second-order valence-electron chi connectivity index (χ2n) is 6.26. The van der Waals surface area contributed by atoms with Gasteiger partial charge in [0.15, 0.2) is 5.82 Å². The van der Waals surface area contributed by atoms with Gasteiger partial charge in [0.05, 0.1) is 0 Å². The fraction of sp³-hybridized carbons (Fsp3) is 0. The zero-order valence-electron chi connectivity index (χ0n) is 14.7. The number of rotatable bonds is 3. The maximum absolute atomic E-state index is 12.7. The molecule has 0 radical (unpaired) electrons. The molecular formula is C21H11BrClN3O2S. The van der Waals surface area contributed by atoms with Crippen molar-refractivity contribution in [3.8, 4) is 22.7 Å². The number of thiazole rings is 1. The lowest BCUT2D eigenvalue weighted by Gasteiger charge is -1.96. The molecule has 0 spiro atoms. The van der Waals surface area contributed by atoms with Crippen LogP contribution in [0.25, 0.3) is 33.7 Å². The van der Waals surface area contributed by atoms with Crippen molar-refractivity contribution in [2.75, 3.05) is 0 Å². The average Bonchev–Trinajstić information content (AvgIpc) is 3.41. The molecule has 0 saturated carbocycles. The number of hydrogen-bond donors (Lipinski definition) is 0. The van der Waals surface area contributed by atoms with Crippen LogP contribution in [0.5, 0.6) is 0 Å². The number of benzene rings is 2. The number of halogens is 2. The molecule has 0 unspecified atom stereocenters. The lowest BCUT2D eigenvalue weighted by atomic mass is 10.2. The predicted molar refractivity (Wildman–Crippen MR) is 118 cm³/mol. The maximum Gasteiger partial charge on any atom is 0.291 e. The van der Waals surface area contributed by atoms with Crippen LogP contribution in [-0.4, -0.2) is 14.6 Å². The maximum atomic E-state index is 12.7. The Bertz CT molecular complexity index is 1440. The number of nitrogens with zero attached hydrogens (tertiary/aromatic N) is 3. The Hall–Kier alpha value is -2.74. The normalized spacial score (nSPS) is 12.1. The molecule has 0 N–H and O–H groups in total. The van der Waals surface area contributed by atoms with Crippen molar-refractivity contribution in [3.63, 3.8) is 0 Å². The fourth-order valence-corrected chi connectivity index (χ4v) is 4.16. The van der Waals surface area contributed by atoms with Gasteiger partial charge < -0.3 is 4.42 Å². The Balaban J connectivity index is 1.51. The van der Waals surface area contributed by atoms with Crippen molar-refractivity contribution >= 4 is 49.9 Å². The third-order valence-corrected chi connectivity index (χ3v) is 6.05. The molecule has 0 amide bonds. The second kappa shape index (κ2) is 7.26. The molecule has 0 aliphatic rings. The Morgan fingerprint density at radius 1 is 1.00 bits per heavy atom. The summed E-state index contributed by atoms with van der Waals surface area (Å²) in [5.41, 5.74) is 1.55. The molecule has 5 aromatic rings. The summed E-state index contributed by atoms with van der Waals surface area (Å²) in [5.74, 6) is 1.82. The first-order chi connectivity index (χ1) is 14.1. The van der Waals surface area contributed by atoms with Crippen molar-refractivity contribution in [1.29, 1.82) is 0 Å². The Morgan fingerprint density at radius 2 is 1.72 bits per heavy atom. The molecule has 5 nitrogen and oxygen atoms in total. The molecule has 0 bridgehead atoms. The van der Waals surface area contributed by atoms with Crippen LogP contribution in [0, 0.1) is 0 Å². The van der Waals surface area contributed by atoms with Crippen LogP contribution in [-0.2, 0) is 0 Å². The molecule has 0 fully saturated rings. The van der Waals surface area contributed by atoms with Crippen molar-refractivity contribution in [2.45, 2.75) is 0 Å². The number of aromatic nitrogens is 3. The Morgan fingerprint density at radius 3 is 2.45 bits per heavy atom. The molecule has 2 aromatic carbocycles. The van der Waals surface area contributed by atoms with Gasteiger partial charge in [0.25, 0.3) is 5.56 Å². The molecule has 0 aliphatic heterocycles. The van der Waals surface area contributed by atoms with Crippen LogP contribution in [0.4, 0.5) is 0 Å². The lowest BCUT2D eigenvalue weighted by molar-refractivity contribution is 0.571. The smallest absolute Gasteiger partial charge is 0.291 e. The van der Waals surface area contributed by atoms with Crippen molar-refractivity contribution in [3.05, 3.63) is 90.8 Å². The number of hydrogen-bond acceptors (Lipinski definition) is 5. The molecule has 8 heteroatoms. The Kier molecular flexibility index (Phi) is 4.58. The van der Waals surface area contributed by atoms with Crippen molar-refractivity contribution in [1.82, 2.24) is 14.6 Å². The van der Waals surface area contributed by atoms with E-state index in [1.165, 1.54) is 15.9 Å². The van der Waals surface area contributed by atoms with Crippen LogP contribution in [0.3, 0.4) is 0 Å². The predicted octanol–water partition coefficient (Wildman–Crippen LogP) is 5.04. The molecule has 29 heavy (non-hydrogen) atoms. The van der Waals surface area contributed by atoms with Gasteiger partial charge in [-0.1, -0.05) is 51.0 Å². The number of furan rings is 1. The van der Waals surface area contributed by atoms with Gasteiger partial charge in [-0.05, 0) is 48.5 Å². The summed E-state index contributed by atoms with van der Waals surface area (Å²) in [5, 5.41) is 5.03. The lowest BCUT2D eigenvalue weighted by Crippen LogP contribution is -2.23. The highest BCUT2D eigenvalue weighted by molar-refractivity contribution is 9.10. The zero-order chi connectivity index (χ0) is 20.0. The average molecular weight is 485 g/mol. The molecule has 142 valence electrons. The molecular weight excluding hydrogens is 474 g/mol. The van der Waals surface area contributed by atoms with E-state index in [0.717, 1.165) is 15.6 Å². The molecule has 0 atom stereocenters. The highest BCUT2D eigenvalue weighted by Gasteiger charge is 2.12. The highest BCUT2D eigenvalue weighted by Crippen LogP contribution is 2.24. The van der Waals surface area contributed by atoms with E-state index in [1.807, 2.05) is 60.7 Å². The zero-order valence-corrected chi connectivity index (χ0v) is 17.8. The van der Waals surface area contributed by atoms with E-state index >= 15 is 0 Å². The topological polar surface area (TPSA) is 60.4 Å². The van der Waals surface area contributed by atoms with E-state index in [1.54, 1.807) is 6.08 Å². The molecule has 3 heterocycles. The fourth-order valence-electron chi connectivity index (χ4n) is 2.88. The van der Waals surface area contributed by atoms with Gasteiger partial charge in [-0.2, -0.15) is 9.50 Å². The standard InChI is InChI=1S/C21H11BrClN3O2S/c22-14-5-1-13(2-6-14)19-24-21-26(25-19)20(27)18(29-21)11-16-9-10-17(28-16)12-3-7-15(23)8-4-12/h1-11H/b18-11-. The minimum atomic E-state index is -0.217. The SMILES string of the molecule is O=c1/c(=C/c2ccc(-c3ccc(Cl)cc3)o2)sc2nc(-c3ccc(Br)cc3)nn12. The molecule has 5 rings (SSSR count). The summed E-state index contributed by atoms with van der Waals surface area (Å²) in [7, 11) is 0. The first-order valence-corrected chi connectivity index (χ1v) is 10.6. The summed E-state index contributed by atoms with van der Waals surface area (Å²) < 4.78 is 8.68. The second-order valence-corrected chi connectivity index (χ2v) is 8.62. The van der Waals surface area contributed by atoms with E-state index < -0.39 is 0 Å². The summed E-state index contributed by atoms with van der Waals surface area (Å²) in [6.45, 7) is 0. The van der Waals surface area contributed by atoms with Gasteiger partial charge in [-0.3, -0.25) is 4.79 Å². The summed E-state index contributed by atoms with van der Waals surface area (Å²) in [6.07, 6.45) is 1.71. The minimum absolute atomic E-state index is 0.217. The third kappa shape index (κ3) is 3.53. The Labute approximate surface area is 182 Å². The highest BCUT2D eigenvalue weighted by atomic mass is 79.9. The van der Waals surface area contributed by atoms with Crippen LogP contribution in [0.2, 0.25) is 5.02 Å². The minimum Gasteiger partial charge on any atom is -0.457 e. The van der Waals surface area contributed by atoms with Crippen LogP contribution >= 0.6 is 38.9 Å². The third-order valence-electron chi connectivity index (χ3n) is 4.31. The molecule has 0 saturated heterocycles. The van der Waals surface area contributed by atoms with Crippen LogP contribution in [0.15, 0.2) is 74.3 Å². The van der Waals surface area contributed by atoms with Crippen LogP contribution in [0.1, 0.15) is 5.76 Å². The van der Waals surface area contributed by atoms with Gasteiger partial charge in [-0.25, -0.2) is 0 Å².